The van der Waals surface area contributed by atoms with Crippen LogP contribution >= 0.6 is 0 Å². The zero-order chi connectivity index (χ0) is 24.3. The second kappa shape index (κ2) is 9.79. The van der Waals surface area contributed by atoms with Gasteiger partial charge in [0.2, 0.25) is 5.91 Å². The molecule has 33 heavy (non-hydrogen) atoms. The van der Waals surface area contributed by atoms with Crippen LogP contribution in [0, 0.1) is 34.6 Å². The Morgan fingerprint density at radius 1 is 0.818 bits per heavy atom. The van der Waals surface area contributed by atoms with Gasteiger partial charge in [-0.25, -0.2) is 8.42 Å². The number of aryl methyl sites for hydroxylation is 5. The monoisotopic (exact) mass is 464 g/mol. The molecule has 0 spiro atoms. The second-order valence-corrected chi connectivity index (χ2v) is 10.6. The van der Waals surface area contributed by atoms with Crippen LogP contribution in [0.2, 0.25) is 0 Å². The van der Waals surface area contributed by atoms with Gasteiger partial charge in [-0.2, -0.15) is 0 Å². The SMILES string of the molecule is Cc1ccc(S(=O)(=O)N(CC(=O)N[C@@H](C)c2ccc(C)cc2C)c2ccc(C)cc2C)cc1. The lowest BCUT2D eigenvalue weighted by Gasteiger charge is -2.27. The standard InChI is InChI=1S/C27H32N2O3S/c1-18-7-11-24(12-8-18)33(31,32)29(26-14-10-20(3)16-22(26)5)17-27(30)28-23(6)25-13-9-19(2)15-21(25)4/h7-16,23H,17H2,1-6H3,(H,28,30)/t23-/m0/s1. The van der Waals surface area contributed by atoms with Crippen LogP contribution in [-0.4, -0.2) is 20.9 Å². The number of nitrogens with one attached hydrogen (secondary N) is 1. The molecule has 174 valence electrons. The normalized spacial score (nSPS) is 12.3. The van der Waals surface area contributed by atoms with Gasteiger partial charge in [-0.05, 0) is 76.4 Å². The molecule has 0 fully saturated rings. The Morgan fingerprint density at radius 3 is 1.94 bits per heavy atom. The van der Waals surface area contributed by atoms with Crippen molar-refractivity contribution >= 4 is 21.6 Å². The van der Waals surface area contributed by atoms with Gasteiger partial charge in [-0.15, -0.1) is 0 Å². The third-order valence-electron chi connectivity index (χ3n) is 5.79. The summed E-state index contributed by atoms with van der Waals surface area (Å²) in [5.74, 6) is -0.363. The third-order valence-corrected chi connectivity index (χ3v) is 7.56. The zero-order valence-electron chi connectivity index (χ0n) is 20.1. The molecule has 3 aromatic carbocycles. The summed E-state index contributed by atoms with van der Waals surface area (Å²) in [5, 5.41) is 2.98. The minimum Gasteiger partial charge on any atom is -0.348 e. The number of hydrogen-bond acceptors (Lipinski definition) is 3. The minimum atomic E-state index is -3.94. The number of nitrogens with zero attached hydrogens (tertiary/aromatic N) is 1. The average molecular weight is 465 g/mol. The molecule has 0 aliphatic rings. The molecule has 0 aliphatic carbocycles. The van der Waals surface area contributed by atoms with Crippen LogP contribution in [-0.2, 0) is 14.8 Å². The van der Waals surface area contributed by atoms with Crippen molar-refractivity contribution in [1.82, 2.24) is 5.32 Å². The summed E-state index contributed by atoms with van der Waals surface area (Å²) in [7, 11) is -3.94. The van der Waals surface area contributed by atoms with E-state index in [2.05, 4.69) is 11.4 Å². The summed E-state index contributed by atoms with van der Waals surface area (Å²) in [6, 6.07) is 18.0. The molecule has 0 aliphatic heterocycles. The van der Waals surface area contributed by atoms with E-state index in [0.717, 1.165) is 33.4 Å². The fourth-order valence-corrected chi connectivity index (χ4v) is 5.51. The predicted octanol–water partition coefficient (Wildman–Crippen LogP) is 5.30. The summed E-state index contributed by atoms with van der Waals surface area (Å²) in [6.45, 7) is 11.3. The Bertz CT molecular complexity index is 1270. The summed E-state index contributed by atoms with van der Waals surface area (Å²) in [5.41, 5.74) is 6.52. The minimum absolute atomic E-state index is 0.156. The van der Waals surface area contributed by atoms with Crippen molar-refractivity contribution in [2.75, 3.05) is 10.8 Å². The van der Waals surface area contributed by atoms with E-state index in [4.69, 9.17) is 0 Å². The fraction of sp³-hybridized carbons (Fsp3) is 0.296. The number of anilines is 1. The van der Waals surface area contributed by atoms with Gasteiger partial charge in [0, 0.05) is 0 Å². The van der Waals surface area contributed by atoms with Crippen LogP contribution in [0.25, 0.3) is 0 Å². The molecule has 0 saturated carbocycles. The first-order valence-electron chi connectivity index (χ1n) is 11.0. The highest BCUT2D eigenvalue weighted by atomic mass is 32.2. The highest BCUT2D eigenvalue weighted by molar-refractivity contribution is 7.92. The highest BCUT2D eigenvalue weighted by Crippen LogP contribution is 2.28. The average Bonchev–Trinajstić information content (AvgIpc) is 2.72. The van der Waals surface area contributed by atoms with E-state index in [9.17, 15) is 13.2 Å². The first kappa shape index (κ1) is 24.5. The van der Waals surface area contributed by atoms with E-state index in [1.165, 1.54) is 4.31 Å². The molecule has 1 N–H and O–H groups in total. The molecule has 0 radical (unpaired) electrons. The number of sulfonamides is 1. The third kappa shape index (κ3) is 5.63. The molecule has 0 unspecified atom stereocenters. The van der Waals surface area contributed by atoms with Gasteiger partial charge in [0.15, 0.2) is 0 Å². The van der Waals surface area contributed by atoms with Crippen molar-refractivity contribution in [1.29, 1.82) is 0 Å². The predicted molar refractivity (Wildman–Crippen MR) is 134 cm³/mol. The lowest BCUT2D eigenvalue weighted by atomic mass is 10.0. The lowest BCUT2D eigenvalue weighted by molar-refractivity contribution is -0.120. The van der Waals surface area contributed by atoms with Gasteiger partial charge in [-0.1, -0.05) is 59.2 Å². The van der Waals surface area contributed by atoms with E-state index in [0.29, 0.717) is 5.69 Å². The van der Waals surface area contributed by atoms with Crippen LogP contribution in [0.3, 0.4) is 0 Å². The second-order valence-electron chi connectivity index (χ2n) is 8.76. The Hall–Kier alpha value is -3.12. The van der Waals surface area contributed by atoms with Gasteiger partial charge in [0.05, 0.1) is 16.6 Å². The van der Waals surface area contributed by atoms with Gasteiger partial charge in [-0.3, -0.25) is 9.10 Å². The molecular weight excluding hydrogens is 432 g/mol. The van der Waals surface area contributed by atoms with E-state index < -0.39 is 10.0 Å². The number of carbonyl (C=O) groups excluding carboxylic acids is 1. The summed E-state index contributed by atoms with van der Waals surface area (Å²) in [6.07, 6.45) is 0. The Balaban J connectivity index is 1.94. The fourth-order valence-electron chi connectivity index (χ4n) is 4.03. The van der Waals surface area contributed by atoms with Crippen LogP contribution in [0.1, 0.15) is 46.3 Å². The number of benzene rings is 3. The lowest BCUT2D eigenvalue weighted by Crippen LogP contribution is -2.42. The van der Waals surface area contributed by atoms with Crippen molar-refractivity contribution in [2.45, 2.75) is 52.5 Å². The number of rotatable bonds is 7. The largest absolute Gasteiger partial charge is 0.348 e. The van der Waals surface area contributed by atoms with Gasteiger partial charge in [0.25, 0.3) is 10.0 Å². The molecule has 0 saturated heterocycles. The molecule has 1 amide bonds. The highest BCUT2D eigenvalue weighted by Gasteiger charge is 2.29. The first-order valence-corrected chi connectivity index (χ1v) is 12.5. The molecule has 1 atom stereocenters. The van der Waals surface area contributed by atoms with Crippen molar-refractivity contribution in [3.63, 3.8) is 0 Å². The molecule has 0 aromatic heterocycles. The first-order chi connectivity index (χ1) is 15.5. The van der Waals surface area contributed by atoms with Crippen LogP contribution in [0.5, 0.6) is 0 Å². The van der Waals surface area contributed by atoms with Crippen molar-refractivity contribution < 1.29 is 13.2 Å². The summed E-state index contributed by atoms with van der Waals surface area (Å²) < 4.78 is 28.4. The van der Waals surface area contributed by atoms with Crippen LogP contribution in [0.15, 0.2) is 65.6 Å². The maximum absolute atomic E-state index is 13.6. The van der Waals surface area contributed by atoms with Crippen molar-refractivity contribution in [3.05, 3.63) is 94.0 Å². The number of carbonyl (C=O) groups is 1. The number of amides is 1. The smallest absolute Gasteiger partial charge is 0.264 e. The number of hydrogen-bond donors (Lipinski definition) is 1. The Kier molecular flexibility index (Phi) is 7.28. The molecule has 3 aromatic rings. The Labute approximate surface area is 197 Å². The van der Waals surface area contributed by atoms with E-state index >= 15 is 0 Å². The van der Waals surface area contributed by atoms with Gasteiger partial charge in [0.1, 0.15) is 6.54 Å². The molecule has 0 bridgehead atoms. The Morgan fingerprint density at radius 2 is 1.36 bits per heavy atom. The quantitative estimate of drug-likeness (QED) is 0.516. The maximum Gasteiger partial charge on any atom is 0.264 e. The summed E-state index contributed by atoms with van der Waals surface area (Å²) in [4.78, 5) is 13.2. The topological polar surface area (TPSA) is 66.5 Å². The molecule has 3 rings (SSSR count). The molecule has 5 nitrogen and oxygen atoms in total. The zero-order valence-corrected chi connectivity index (χ0v) is 21.0. The van der Waals surface area contributed by atoms with Crippen LogP contribution in [0.4, 0.5) is 5.69 Å². The van der Waals surface area contributed by atoms with E-state index in [1.54, 1.807) is 30.3 Å². The van der Waals surface area contributed by atoms with Gasteiger partial charge >= 0.3 is 0 Å². The van der Waals surface area contributed by atoms with Crippen LogP contribution < -0.4 is 9.62 Å². The van der Waals surface area contributed by atoms with E-state index in [1.807, 2.05) is 65.8 Å². The summed E-state index contributed by atoms with van der Waals surface area (Å²) >= 11 is 0. The van der Waals surface area contributed by atoms with Gasteiger partial charge < -0.3 is 5.32 Å². The van der Waals surface area contributed by atoms with Crippen molar-refractivity contribution in [2.24, 2.45) is 0 Å². The molecule has 6 heteroatoms. The maximum atomic E-state index is 13.6. The molecular formula is C27H32N2O3S. The van der Waals surface area contributed by atoms with E-state index in [-0.39, 0.29) is 23.4 Å². The molecule has 0 heterocycles. The van der Waals surface area contributed by atoms with Crippen molar-refractivity contribution in [3.8, 4) is 0 Å².